The van der Waals surface area contributed by atoms with Crippen LogP contribution in [0.25, 0.3) is 0 Å². The largest absolute Gasteiger partial charge is 0.493 e. The third-order valence-electron chi connectivity index (χ3n) is 4.90. The van der Waals surface area contributed by atoms with Crippen LogP contribution in [-0.4, -0.2) is 20.9 Å². The molecule has 5 nitrogen and oxygen atoms in total. The van der Waals surface area contributed by atoms with E-state index in [9.17, 15) is 13.2 Å². The second-order valence-electron chi connectivity index (χ2n) is 7.53. The molecule has 31 heavy (non-hydrogen) atoms. The molecular weight excluding hydrogens is 410 g/mol. The van der Waals surface area contributed by atoms with Crippen LogP contribution in [0.5, 0.6) is 5.75 Å². The topological polar surface area (TPSA) is 63.7 Å². The third-order valence-corrected chi connectivity index (χ3v) is 6.66. The number of rotatable bonds is 8. The molecule has 1 amide bonds. The third kappa shape index (κ3) is 5.52. The van der Waals surface area contributed by atoms with Crippen LogP contribution in [0, 0.1) is 20.8 Å². The normalized spacial score (nSPS) is 11.2. The molecule has 0 spiro atoms. The van der Waals surface area contributed by atoms with Crippen molar-refractivity contribution in [1.29, 1.82) is 0 Å². The number of carbonyl (C=O) groups is 1. The van der Waals surface area contributed by atoms with Crippen LogP contribution in [-0.2, 0) is 14.8 Å². The highest BCUT2D eigenvalue weighted by molar-refractivity contribution is 7.93. The van der Waals surface area contributed by atoms with Crippen molar-refractivity contribution in [3.8, 4) is 5.75 Å². The van der Waals surface area contributed by atoms with Gasteiger partial charge in [0.1, 0.15) is 5.75 Å². The molecule has 0 bridgehead atoms. The van der Waals surface area contributed by atoms with E-state index in [-0.39, 0.29) is 11.3 Å². The summed E-state index contributed by atoms with van der Waals surface area (Å²) in [6.07, 6.45) is 0.448. The van der Waals surface area contributed by atoms with Gasteiger partial charge < -0.3 is 4.74 Å². The highest BCUT2D eigenvalue weighted by atomic mass is 32.2. The Hall–Kier alpha value is -3.12. The second-order valence-corrected chi connectivity index (χ2v) is 9.32. The van der Waals surface area contributed by atoms with Gasteiger partial charge in [0.2, 0.25) is 5.91 Å². The summed E-state index contributed by atoms with van der Waals surface area (Å²) in [5.74, 6) is 0.279. The lowest BCUT2D eigenvalue weighted by Crippen LogP contribution is -2.37. The minimum absolute atomic E-state index is 0.0465. The van der Waals surface area contributed by atoms with E-state index in [2.05, 4.69) is 0 Å². The standard InChI is InChI=1S/C25H27NO4S/c1-19-11-14-23(15-12-19)31(28,29)26(22-8-5-4-6-9-22)25(27)10-7-17-30-24-16-13-20(2)18-21(24)3/h4-6,8-9,11-16,18H,7,10,17H2,1-3H3. The van der Waals surface area contributed by atoms with Gasteiger partial charge in [0, 0.05) is 6.42 Å². The Morgan fingerprint density at radius 2 is 1.52 bits per heavy atom. The molecule has 0 saturated heterocycles. The quantitative estimate of drug-likeness (QED) is 0.455. The Kier molecular flexibility index (Phi) is 7.13. The molecule has 3 aromatic carbocycles. The van der Waals surface area contributed by atoms with Crippen LogP contribution in [0.15, 0.2) is 77.7 Å². The zero-order valence-electron chi connectivity index (χ0n) is 18.0. The molecule has 3 rings (SSSR count). The van der Waals surface area contributed by atoms with Crippen LogP contribution >= 0.6 is 0 Å². The summed E-state index contributed by atoms with van der Waals surface area (Å²) in [6.45, 7) is 6.19. The van der Waals surface area contributed by atoms with Crippen LogP contribution in [0.1, 0.15) is 29.5 Å². The maximum atomic E-state index is 13.3. The summed E-state index contributed by atoms with van der Waals surface area (Å²) >= 11 is 0. The van der Waals surface area contributed by atoms with Crippen LogP contribution in [0.4, 0.5) is 5.69 Å². The molecule has 0 unspecified atom stereocenters. The number of anilines is 1. The lowest BCUT2D eigenvalue weighted by Gasteiger charge is -2.23. The summed E-state index contributed by atoms with van der Waals surface area (Å²) in [4.78, 5) is 13.1. The number of carbonyl (C=O) groups excluding carboxylic acids is 1. The van der Waals surface area contributed by atoms with E-state index in [1.807, 2.05) is 39.0 Å². The van der Waals surface area contributed by atoms with Gasteiger partial charge in [0.05, 0.1) is 17.2 Å². The summed E-state index contributed by atoms with van der Waals surface area (Å²) < 4.78 is 33.3. The smallest absolute Gasteiger partial charge is 0.270 e. The first kappa shape index (κ1) is 22.6. The fourth-order valence-corrected chi connectivity index (χ4v) is 4.71. The maximum absolute atomic E-state index is 13.3. The number of amides is 1. The van der Waals surface area contributed by atoms with Gasteiger partial charge >= 0.3 is 0 Å². The molecule has 0 aliphatic heterocycles. The highest BCUT2D eigenvalue weighted by Gasteiger charge is 2.30. The van der Waals surface area contributed by atoms with Crippen molar-refractivity contribution in [3.05, 3.63) is 89.5 Å². The van der Waals surface area contributed by atoms with Gasteiger partial charge in [-0.3, -0.25) is 4.79 Å². The average Bonchev–Trinajstić information content (AvgIpc) is 2.73. The van der Waals surface area contributed by atoms with Gasteiger partial charge in [0.25, 0.3) is 10.0 Å². The van der Waals surface area contributed by atoms with Gasteiger partial charge in [0.15, 0.2) is 0 Å². The molecule has 6 heteroatoms. The molecule has 0 heterocycles. The zero-order valence-corrected chi connectivity index (χ0v) is 18.9. The van der Waals surface area contributed by atoms with E-state index >= 15 is 0 Å². The van der Waals surface area contributed by atoms with E-state index in [4.69, 9.17) is 4.74 Å². The monoisotopic (exact) mass is 437 g/mol. The molecule has 0 N–H and O–H groups in total. The Morgan fingerprint density at radius 3 is 2.16 bits per heavy atom. The van der Waals surface area contributed by atoms with Gasteiger partial charge in [-0.15, -0.1) is 0 Å². The van der Waals surface area contributed by atoms with Crippen LogP contribution in [0.2, 0.25) is 0 Å². The van der Waals surface area contributed by atoms with E-state index in [1.165, 1.54) is 12.1 Å². The molecule has 0 radical (unpaired) electrons. The van der Waals surface area contributed by atoms with Crippen molar-refractivity contribution in [2.24, 2.45) is 0 Å². The minimum Gasteiger partial charge on any atom is -0.493 e. The van der Waals surface area contributed by atoms with Crippen molar-refractivity contribution >= 4 is 21.6 Å². The Balaban J connectivity index is 1.75. The molecule has 162 valence electrons. The molecule has 0 aromatic heterocycles. The first-order chi connectivity index (χ1) is 14.8. The van der Waals surface area contributed by atoms with Crippen molar-refractivity contribution in [3.63, 3.8) is 0 Å². The van der Waals surface area contributed by atoms with Crippen LogP contribution < -0.4 is 9.04 Å². The minimum atomic E-state index is -4.03. The zero-order chi connectivity index (χ0) is 22.4. The SMILES string of the molecule is Cc1ccc(S(=O)(=O)N(C(=O)CCCOc2ccc(C)cc2C)c2ccccc2)cc1. The predicted octanol–water partition coefficient (Wildman–Crippen LogP) is 5.19. The van der Waals surface area contributed by atoms with Gasteiger partial charge in [-0.2, -0.15) is 0 Å². The van der Waals surface area contributed by atoms with E-state index in [1.54, 1.807) is 42.5 Å². The van der Waals surface area contributed by atoms with Crippen molar-refractivity contribution in [1.82, 2.24) is 0 Å². The molecule has 0 atom stereocenters. The van der Waals surface area contributed by atoms with Crippen molar-refractivity contribution < 1.29 is 17.9 Å². The summed E-state index contributed by atoms with van der Waals surface area (Å²) in [6, 6.07) is 20.8. The van der Waals surface area contributed by atoms with E-state index < -0.39 is 15.9 Å². The number of sulfonamides is 1. The Labute approximate surface area is 184 Å². The van der Waals surface area contributed by atoms with Crippen molar-refractivity contribution in [2.45, 2.75) is 38.5 Å². The van der Waals surface area contributed by atoms with Gasteiger partial charge in [-0.1, -0.05) is 53.6 Å². The van der Waals surface area contributed by atoms with Gasteiger partial charge in [-0.25, -0.2) is 12.7 Å². The highest BCUT2D eigenvalue weighted by Crippen LogP contribution is 2.25. The number of para-hydroxylation sites is 1. The Bertz CT molecular complexity index is 1140. The predicted molar refractivity (Wildman–Crippen MR) is 123 cm³/mol. The number of ether oxygens (including phenoxy) is 1. The number of aryl methyl sites for hydroxylation is 3. The summed E-state index contributed by atoms with van der Waals surface area (Å²) in [7, 11) is -4.03. The second kappa shape index (κ2) is 9.79. The number of hydrogen-bond donors (Lipinski definition) is 0. The number of hydrogen-bond acceptors (Lipinski definition) is 4. The number of nitrogens with zero attached hydrogens (tertiary/aromatic N) is 1. The first-order valence-electron chi connectivity index (χ1n) is 10.2. The molecule has 0 aliphatic carbocycles. The van der Waals surface area contributed by atoms with Gasteiger partial charge in [-0.05, 0) is 63.1 Å². The number of benzene rings is 3. The molecule has 0 saturated carbocycles. The molecule has 3 aromatic rings. The lowest BCUT2D eigenvalue weighted by molar-refractivity contribution is -0.117. The average molecular weight is 438 g/mol. The molecule has 0 fully saturated rings. The fraction of sp³-hybridized carbons (Fsp3) is 0.240. The summed E-state index contributed by atoms with van der Waals surface area (Å²) in [5.41, 5.74) is 3.45. The first-order valence-corrected chi connectivity index (χ1v) is 11.6. The van der Waals surface area contributed by atoms with E-state index in [0.717, 1.165) is 26.7 Å². The van der Waals surface area contributed by atoms with E-state index in [0.29, 0.717) is 18.7 Å². The van der Waals surface area contributed by atoms with Crippen LogP contribution in [0.3, 0.4) is 0 Å². The molecule has 0 aliphatic rings. The molecular formula is C25H27NO4S. The maximum Gasteiger partial charge on any atom is 0.270 e. The Morgan fingerprint density at radius 1 is 0.871 bits per heavy atom. The lowest BCUT2D eigenvalue weighted by atomic mass is 10.1. The fourth-order valence-electron chi connectivity index (χ4n) is 3.26. The summed E-state index contributed by atoms with van der Waals surface area (Å²) in [5, 5.41) is 0. The van der Waals surface area contributed by atoms with Crippen molar-refractivity contribution in [2.75, 3.05) is 10.9 Å².